The molecule has 0 aromatic rings. The molecule has 1 aliphatic rings. The van der Waals surface area contributed by atoms with E-state index in [1.54, 1.807) is 6.19 Å². The molecule has 1 unspecified atom stereocenters. The molecule has 0 radical (unpaired) electrons. The van der Waals surface area contributed by atoms with Gasteiger partial charge < -0.3 is 14.4 Å². The average molecular weight is 243 g/mol. The zero-order valence-corrected chi connectivity index (χ0v) is 9.99. The monoisotopic (exact) mass is 243 g/mol. The molecule has 0 aromatic carbocycles. The summed E-state index contributed by atoms with van der Waals surface area (Å²) in [5.41, 5.74) is 0. The fourth-order valence-electron chi connectivity index (χ4n) is 1.39. The normalized spacial score (nSPS) is 21.4. The third-order valence-corrected chi connectivity index (χ3v) is 2.84. The summed E-state index contributed by atoms with van der Waals surface area (Å²) in [4.78, 5) is 16.8. The summed E-state index contributed by atoms with van der Waals surface area (Å²) in [5, 5.41) is 9.12. The largest absolute Gasteiger partial charge is 0.467 e. The molecule has 0 aromatic heterocycles. The number of esters is 1. The Morgan fingerprint density at radius 2 is 2.50 bits per heavy atom. The van der Waals surface area contributed by atoms with Gasteiger partial charge in [-0.3, -0.25) is 0 Å². The van der Waals surface area contributed by atoms with Crippen molar-refractivity contribution in [3.8, 4) is 6.19 Å². The summed E-state index contributed by atoms with van der Waals surface area (Å²) in [6, 6.07) is 0. The fraction of sp³-hybridized carbons (Fsp3) is 0.667. The van der Waals surface area contributed by atoms with Crippen molar-refractivity contribution in [1.82, 2.24) is 4.90 Å². The number of carbonyl (C=O) groups is 1. The van der Waals surface area contributed by atoms with Crippen molar-refractivity contribution in [2.45, 2.75) is 6.10 Å². The highest BCUT2D eigenvalue weighted by atomic mass is 32.2. The molecule has 0 N–H and O–H groups in total. The Hall–Kier alpha value is -1.26. The number of hydrogen-bond acceptors (Lipinski definition) is 6. The number of nitriles is 1. The summed E-state index contributed by atoms with van der Waals surface area (Å²) < 4.78 is 9.88. The molecule has 1 atom stereocenters. The second-order valence-electron chi connectivity index (χ2n) is 3.03. The first-order valence-electron chi connectivity index (χ1n) is 4.68. The lowest BCUT2D eigenvalue weighted by Gasteiger charge is -2.32. The Bertz CT molecular complexity index is 326. The summed E-state index contributed by atoms with van der Waals surface area (Å²) in [6.45, 7) is 1.41. The number of aliphatic imine (C=N–C) groups is 1. The molecular weight excluding hydrogens is 230 g/mol. The van der Waals surface area contributed by atoms with E-state index in [0.717, 1.165) is 0 Å². The van der Waals surface area contributed by atoms with E-state index < -0.39 is 12.1 Å². The van der Waals surface area contributed by atoms with E-state index in [0.29, 0.717) is 24.9 Å². The first kappa shape index (κ1) is 12.8. The van der Waals surface area contributed by atoms with Crippen LogP contribution in [0.5, 0.6) is 0 Å². The van der Waals surface area contributed by atoms with Gasteiger partial charge in [-0.15, -0.1) is 4.99 Å². The minimum atomic E-state index is -0.602. The highest BCUT2D eigenvalue weighted by Gasteiger charge is 2.28. The molecule has 7 heteroatoms. The minimum Gasteiger partial charge on any atom is -0.467 e. The van der Waals surface area contributed by atoms with Crippen LogP contribution < -0.4 is 0 Å². The van der Waals surface area contributed by atoms with Crippen LogP contribution >= 0.6 is 11.8 Å². The summed E-state index contributed by atoms with van der Waals surface area (Å²) in [6.07, 6.45) is 2.97. The summed E-state index contributed by atoms with van der Waals surface area (Å²) in [7, 11) is 1.32. The van der Waals surface area contributed by atoms with E-state index >= 15 is 0 Å². The maximum Gasteiger partial charge on any atom is 0.336 e. The highest BCUT2D eigenvalue weighted by Crippen LogP contribution is 2.12. The van der Waals surface area contributed by atoms with Gasteiger partial charge in [0.15, 0.2) is 11.3 Å². The lowest BCUT2D eigenvalue weighted by atomic mass is 10.3. The van der Waals surface area contributed by atoms with Crippen molar-refractivity contribution in [3.63, 3.8) is 0 Å². The Labute approximate surface area is 98.2 Å². The van der Waals surface area contributed by atoms with Crippen LogP contribution in [0.15, 0.2) is 4.99 Å². The number of nitrogens with zero attached hydrogens (tertiary/aromatic N) is 3. The summed E-state index contributed by atoms with van der Waals surface area (Å²) >= 11 is 1.37. The third kappa shape index (κ3) is 3.12. The molecule has 1 aliphatic heterocycles. The van der Waals surface area contributed by atoms with E-state index in [1.807, 2.05) is 11.2 Å². The number of morpholine rings is 1. The van der Waals surface area contributed by atoms with Gasteiger partial charge in [-0.05, 0) is 6.26 Å². The van der Waals surface area contributed by atoms with E-state index in [-0.39, 0.29) is 0 Å². The molecule has 1 fully saturated rings. The molecule has 0 bridgehead atoms. The lowest BCUT2D eigenvalue weighted by molar-refractivity contribution is -0.157. The molecule has 0 saturated carbocycles. The van der Waals surface area contributed by atoms with Crippen LogP contribution in [0.1, 0.15) is 0 Å². The van der Waals surface area contributed by atoms with Crippen molar-refractivity contribution in [2.24, 2.45) is 4.99 Å². The third-order valence-electron chi connectivity index (χ3n) is 2.13. The van der Waals surface area contributed by atoms with Crippen LogP contribution in [0, 0.1) is 11.5 Å². The lowest BCUT2D eigenvalue weighted by Crippen LogP contribution is -2.48. The number of thioether (sulfide) groups is 1. The number of methoxy groups -OCH3 is 1. The topological polar surface area (TPSA) is 74.9 Å². The Morgan fingerprint density at radius 1 is 1.75 bits per heavy atom. The van der Waals surface area contributed by atoms with Crippen molar-refractivity contribution in [2.75, 3.05) is 33.1 Å². The molecule has 6 nitrogen and oxygen atoms in total. The number of carbonyl (C=O) groups excluding carboxylic acids is 1. The Morgan fingerprint density at radius 3 is 3.06 bits per heavy atom. The van der Waals surface area contributed by atoms with E-state index in [4.69, 9.17) is 10.00 Å². The summed E-state index contributed by atoms with van der Waals surface area (Å²) in [5.74, 6) is -0.401. The molecule has 0 spiro atoms. The second-order valence-corrected chi connectivity index (χ2v) is 3.80. The van der Waals surface area contributed by atoms with Gasteiger partial charge >= 0.3 is 5.97 Å². The fourth-order valence-corrected chi connectivity index (χ4v) is 1.94. The van der Waals surface area contributed by atoms with Gasteiger partial charge in [-0.2, -0.15) is 5.26 Å². The van der Waals surface area contributed by atoms with Gasteiger partial charge in [0.2, 0.25) is 6.19 Å². The zero-order valence-electron chi connectivity index (χ0n) is 9.17. The van der Waals surface area contributed by atoms with Crippen LogP contribution in [0.2, 0.25) is 0 Å². The van der Waals surface area contributed by atoms with Crippen LogP contribution in [0.3, 0.4) is 0 Å². The first-order valence-corrected chi connectivity index (χ1v) is 5.90. The molecule has 88 valence electrons. The second kappa shape index (κ2) is 6.35. The van der Waals surface area contributed by atoms with Gasteiger partial charge in [0.05, 0.1) is 20.3 Å². The average Bonchev–Trinajstić information content (AvgIpc) is 2.35. The molecule has 1 saturated heterocycles. The molecule has 0 amide bonds. The van der Waals surface area contributed by atoms with E-state index in [1.165, 1.54) is 18.9 Å². The van der Waals surface area contributed by atoms with E-state index in [9.17, 15) is 4.79 Å². The Kier molecular flexibility index (Phi) is 5.08. The maximum absolute atomic E-state index is 11.3. The first-order chi connectivity index (χ1) is 7.72. The van der Waals surface area contributed by atoms with Crippen molar-refractivity contribution in [1.29, 1.82) is 5.26 Å². The number of rotatable bonds is 1. The highest BCUT2D eigenvalue weighted by molar-refractivity contribution is 8.13. The van der Waals surface area contributed by atoms with Crippen LogP contribution in [0.25, 0.3) is 0 Å². The van der Waals surface area contributed by atoms with Gasteiger partial charge in [-0.1, -0.05) is 11.8 Å². The van der Waals surface area contributed by atoms with Crippen LogP contribution in [-0.4, -0.2) is 55.2 Å². The van der Waals surface area contributed by atoms with E-state index in [2.05, 4.69) is 9.73 Å². The minimum absolute atomic E-state index is 0.369. The Balaban J connectivity index is 2.66. The predicted molar refractivity (Wildman–Crippen MR) is 59.9 cm³/mol. The molecule has 0 aliphatic carbocycles. The maximum atomic E-state index is 11.3. The van der Waals surface area contributed by atoms with Gasteiger partial charge in [0, 0.05) is 6.54 Å². The number of amidine groups is 1. The SMILES string of the molecule is COC(=O)C1CN(C(=NC#N)SC)CCO1. The van der Waals surface area contributed by atoms with Gasteiger partial charge in [-0.25, -0.2) is 4.79 Å². The molecule has 16 heavy (non-hydrogen) atoms. The molecular formula is C9H13N3O3S. The zero-order chi connectivity index (χ0) is 12.0. The standard InChI is InChI=1S/C9H13N3O3S/c1-14-8(13)7-5-12(3-4-15-7)9(16-2)11-6-10/h7H,3-5H2,1-2H3. The van der Waals surface area contributed by atoms with Gasteiger partial charge in [0.1, 0.15) is 0 Å². The predicted octanol–water partition coefficient (Wildman–Crippen LogP) is 0.0603. The smallest absolute Gasteiger partial charge is 0.336 e. The van der Waals surface area contributed by atoms with Crippen LogP contribution in [-0.2, 0) is 14.3 Å². The van der Waals surface area contributed by atoms with Crippen molar-refractivity contribution >= 4 is 22.9 Å². The van der Waals surface area contributed by atoms with Crippen LogP contribution in [0.4, 0.5) is 0 Å². The molecule has 1 heterocycles. The number of hydrogen-bond donors (Lipinski definition) is 0. The molecule has 1 rings (SSSR count). The van der Waals surface area contributed by atoms with Gasteiger partial charge in [0.25, 0.3) is 0 Å². The van der Waals surface area contributed by atoms with Crippen molar-refractivity contribution < 1.29 is 14.3 Å². The van der Waals surface area contributed by atoms with Crippen molar-refractivity contribution in [3.05, 3.63) is 0 Å². The quantitative estimate of drug-likeness (QED) is 0.280. The number of ether oxygens (including phenoxy) is 2.